The topological polar surface area (TPSA) is 34.1 Å². The summed E-state index contributed by atoms with van der Waals surface area (Å²) in [6.07, 6.45) is 1.63. The van der Waals surface area contributed by atoms with Crippen LogP contribution >= 0.6 is 15.9 Å². The van der Waals surface area contributed by atoms with E-state index in [1.165, 1.54) is 11.1 Å². The van der Waals surface area contributed by atoms with Crippen LogP contribution in [-0.2, 0) is 16.3 Å². The summed E-state index contributed by atoms with van der Waals surface area (Å²) in [5.74, 6) is 0.618. The van der Waals surface area contributed by atoms with Gasteiger partial charge in [-0.05, 0) is 52.0 Å². The van der Waals surface area contributed by atoms with E-state index in [4.69, 9.17) is 0 Å². The molecule has 0 aliphatic heterocycles. The van der Waals surface area contributed by atoms with Gasteiger partial charge >= 0.3 is 0 Å². The summed E-state index contributed by atoms with van der Waals surface area (Å²) in [6.45, 7) is 7.39. The fourth-order valence-corrected chi connectivity index (χ4v) is 3.84. The van der Waals surface area contributed by atoms with Crippen molar-refractivity contribution in [1.82, 2.24) is 0 Å². The van der Waals surface area contributed by atoms with Crippen LogP contribution in [0.25, 0.3) is 0 Å². The zero-order chi connectivity index (χ0) is 15.4. The largest absolute Gasteiger partial charge is 0.228 e. The second kappa shape index (κ2) is 7.08. The summed E-state index contributed by atoms with van der Waals surface area (Å²) in [5, 5.41) is 0.834. The summed E-state index contributed by atoms with van der Waals surface area (Å²) >= 11 is 3.52. The van der Waals surface area contributed by atoms with Gasteiger partial charge in [-0.25, -0.2) is 8.42 Å². The molecule has 1 rings (SSSR count). The van der Waals surface area contributed by atoms with E-state index < -0.39 is 14.6 Å². The molecule has 114 valence electrons. The molecule has 1 aromatic carbocycles. The molecule has 0 bridgehead atoms. The first-order valence-electron chi connectivity index (χ1n) is 6.99. The number of rotatable bonds is 6. The molecule has 1 atom stereocenters. The summed E-state index contributed by atoms with van der Waals surface area (Å²) in [5.41, 5.74) is 2.53. The lowest BCUT2D eigenvalue weighted by Gasteiger charge is -2.21. The zero-order valence-electron chi connectivity index (χ0n) is 12.8. The molecule has 1 aromatic rings. The van der Waals surface area contributed by atoms with Gasteiger partial charge in [0, 0.05) is 5.33 Å². The van der Waals surface area contributed by atoms with Gasteiger partial charge < -0.3 is 0 Å². The Morgan fingerprint density at radius 3 is 2.40 bits per heavy atom. The Labute approximate surface area is 132 Å². The number of sulfone groups is 1. The monoisotopic (exact) mass is 360 g/mol. The van der Waals surface area contributed by atoms with Crippen LogP contribution < -0.4 is 0 Å². The van der Waals surface area contributed by atoms with Crippen LogP contribution in [0.1, 0.15) is 38.3 Å². The van der Waals surface area contributed by atoms with E-state index in [-0.39, 0.29) is 5.75 Å². The van der Waals surface area contributed by atoms with Crippen molar-refractivity contribution in [3.05, 3.63) is 35.4 Å². The average Bonchev–Trinajstić information content (AvgIpc) is 2.33. The van der Waals surface area contributed by atoms with Crippen LogP contribution in [0, 0.1) is 12.8 Å². The maximum Gasteiger partial charge on any atom is 0.155 e. The van der Waals surface area contributed by atoms with Crippen molar-refractivity contribution < 1.29 is 8.42 Å². The Kier molecular flexibility index (Phi) is 6.26. The molecule has 0 spiro atoms. The van der Waals surface area contributed by atoms with Crippen molar-refractivity contribution >= 4 is 25.8 Å². The highest BCUT2D eigenvalue weighted by Crippen LogP contribution is 2.21. The Balaban J connectivity index is 2.65. The van der Waals surface area contributed by atoms with Crippen molar-refractivity contribution in [2.75, 3.05) is 11.1 Å². The first-order chi connectivity index (χ1) is 9.15. The second-order valence-electron chi connectivity index (χ2n) is 6.43. The van der Waals surface area contributed by atoms with Crippen molar-refractivity contribution in [3.8, 4) is 0 Å². The van der Waals surface area contributed by atoms with Gasteiger partial charge in [-0.1, -0.05) is 45.8 Å². The van der Waals surface area contributed by atoms with Gasteiger partial charge in [0.2, 0.25) is 0 Å². The highest BCUT2D eigenvalue weighted by molar-refractivity contribution is 9.09. The summed E-state index contributed by atoms with van der Waals surface area (Å²) < 4.78 is 23.7. The number of hydrogen-bond donors (Lipinski definition) is 0. The molecule has 0 radical (unpaired) electrons. The fourth-order valence-electron chi connectivity index (χ4n) is 2.03. The second-order valence-corrected chi connectivity index (χ2v) is 9.94. The summed E-state index contributed by atoms with van der Waals surface area (Å²) in [4.78, 5) is 0. The van der Waals surface area contributed by atoms with E-state index in [0.717, 1.165) is 11.8 Å². The molecule has 0 N–H and O–H groups in total. The third kappa shape index (κ3) is 5.21. The van der Waals surface area contributed by atoms with Crippen LogP contribution in [0.4, 0.5) is 0 Å². The molecule has 0 aliphatic rings. The predicted molar refractivity (Wildman–Crippen MR) is 90.3 cm³/mol. The molecule has 0 saturated carbocycles. The fraction of sp³-hybridized carbons (Fsp3) is 0.625. The number of benzene rings is 1. The lowest BCUT2D eigenvalue weighted by Crippen LogP contribution is -2.31. The van der Waals surface area contributed by atoms with Gasteiger partial charge in [0.15, 0.2) is 9.84 Å². The number of halogens is 1. The summed E-state index contributed by atoms with van der Waals surface area (Å²) in [7, 11) is -3.02. The van der Waals surface area contributed by atoms with E-state index in [1.807, 2.05) is 0 Å². The molecule has 1 unspecified atom stereocenters. The molecule has 2 nitrogen and oxygen atoms in total. The highest BCUT2D eigenvalue weighted by Gasteiger charge is 2.29. The quantitative estimate of drug-likeness (QED) is 0.714. The van der Waals surface area contributed by atoms with E-state index in [0.29, 0.717) is 12.3 Å². The van der Waals surface area contributed by atoms with Gasteiger partial charge in [0.05, 0.1) is 10.5 Å². The Morgan fingerprint density at radius 1 is 1.25 bits per heavy atom. The maximum absolute atomic E-state index is 12.2. The Morgan fingerprint density at radius 2 is 1.90 bits per heavy atom. The van der Waals surface area contributed by atoms with E-state index in [1.54, 1.807) is 20.8 Å². The maximum atomic E-state index is 12.2. The van der Waals surface area contributed by atoms with E-state index >= 15 is 0 Å². The SMILES string of the molecule is Cc1cccc(CC(CBr)CCS(=O)(=O)C(C)(C)C)c1. The molecular weight excluding hydrogens is 336 g/mol. The van der Waals surface area contributed by atoms with Gasteiger partial charge in [-0.2, -0.15) is 0 Å². The van der Waals surface area contributed by atoms with E-state index in [2.05, 4.69) is 47.1 Å². The normalized spacial score (nSPS) is 14.2. The molecule has 0 amide bonds. The predicted octanol–water partition coefficient (Wildman–Crippen LogP) is 4.15. The third-order valence-corrected chi connectivity index (χ3v) is 7.11. The minimum absolute atomic E-state index is 0.262. The van der Waals surface area contributed by atoms with Gasteiger partial charge in [0.25, 0.3) is 0 Å². The Hall–Kier alpha value is -0.350. The van der Waals surface area contributed by atoms with Crippen molar-refractivity contribution in [2.45, 2.75) is 45.3 Å². The smallest absolute Gasteiger partial charge is 0.155 e. The highest BCUT2D eigenvalue weighted by atomic mass is 79.9. The van der Waals surface area contributed by atoms with Crippen molar-refractivity contribution in [2.24, 2.45) is 5.92 Å². The van der Waals surface area contributed by atoms with Crippen LogP contribution in [0.15, 0.2) is 24.3 Å². The van der Waals surface area contributed by atoms with Crippen molar-refractivity contribution in [1.29, 1.82) is 0 Å². The average molecular weight is 361 g/mol. The molecule has 0 heterocycles. The lowest BCUT2D eigenvalue weighted by atomic mass is 9.98. The number of aryl methyl sites for hydroxylation is 1. The van der Waals surface area contributed by atoms with Crippen LogP contribution in [-0.4, -0.2) is 24.2 Å². The standard InChI is InChI=1S/C16H25BrO2S/c1-13-6-5-7-14(10-13)11-15(12-17)8-9-20(18,19)16(2,3)4/h5-7,10,15H,8-9,11-12H2,1-4H3. The molecule has 4 heteroatoms. The molecule has 0 saturated heterocycles. The number of hydrogen-bond acceptors (Lipinski definition) is 2. The molecule has 0 aliphatic carbocycles. The van der Waals surface area contributed by atoms with Gasteiger partial charge in [-0.3, -0.25) is 0 Å². The molecule has 0 fully saturated rings. The third-order valence-electron chi connectivity index (χ3n) is 3.55. The molecule has 20 heavy (non-hydrogen) atoms. The van der Waals surface area contributed by atoms with E-state index in [9.17, 15) is 8.42 Å². The molecular formula is C16H25BrO2S. The molecule has 0 aromatic heterocycles. The van der Waals surface area contributed by atoms with Gasteiger partial charge in [-0.15, -0.1) is 0 Å². The minimum atomic E-state index is -3.02. The van der Waals surface area contributed by atoms with Crippen LogP contribution in [0.3, 0.4) is 0 Å². The zero-order valence-corrected chi connectivity index (χ0v) is 15.2. The van der Waals surface area contributed by atoms with Crippen LogP contribution in [0.5, 0.6) is 0 Å². The van der Waals surface area contributed by atoms with Gasteiger partial charge in [0.1, 0.15) is 0 Å². The van der Waals surface area contributed by atoms with Crippen molar-refractivity contribution in [3.63, 3.8) is 0 Å². The minimum Gasteiger partial charge on any atom is -0.228 e. The first-order valence-corrected chi connectivity index (χ1v) is 9.77. The Bertz CT molecular complexity index is 530. The number of alkyl halides is 1. The van der Waals surface area contributed by atoms with Crippen LogP contribution in [0.2, 0.25) is 0 Å². The summed E-state index contributed by atoms with van der Waals surface area (Å²) in [6, 6.07) is 8.42. The first kappa shape index (κ1) is 17.7. The lowest BCUT2D eigenvalue weighted by molar-refractivity contribution is 0.532.